The Labute approximate surface area is 105 Å². The summed E-state index contributed by atoms with van der Waals surface area (Å²) in [6, 6.07) is 0. The SMILES string of the molecule is C[Si](C)(C)[C@@H]1[C@@H]2C=C[C@@]3([Si](C)(C)C)P(C2)P13. The van der Waals surface area contributed by atoms with Crippen molar-refractivity contribution in [3.8, 4) is 0 Å². The van der Waals surface area contributed by atoms with Gasteiger partial charge in [-0.05, 0) is 17.4 Å². The maximum atomic E-state index is 2.74. The zero-order chi connectivity index (χ0) is 11.9. The highest BCUT2D eigenvalue weighted by atomic mass is 32.1. The van der Waals surface area contributed by atoms with Crippen molar-refractivity contribution in [1.29, 1.82) is 0 Å². The molecule has 4 heteroatoms. The molecule has 4 aliphatic rings. The van der Waals surface area contributed by atoms with Crippen LogP contribution in [0.25, 0.3) is 0 Å². The maximum Gasteiger partial charge on any atom is 0.0666 e. The standard InChI is InChI=1S/C12H24P2Si2/c1-15(2,3)11-10-7-8-12(16(4,5)6)13(9-10)14(11)12/h7-8,10-11H,9H2,1-6H3/t10-,11-,12-,13?,14?/m1/s1. The molecule has 16 heavy (non-hydrogen) atoms. The molecule has 0 spiro atoms. The summed E-state index contributed by atoms with van der Waals surface area (Å²) in [6.07, 6.45) is 7.03. The molecule has 0 nitrogen and oxygen atoms in total. The van der Waals surface area contributed by atoms with Gasteiger partial charge in [0.2, 0.25) is 0 Å². The van der Waals surface area contributed by atoms with Gasteiger partial charge in [0.15, 0.2) is 0 Å². The summed E-state index contributed by atoms with van der Waals surface area (Å²) in [5.41, 5.74) is 0. The molecule has 4 aliphatic heterocycles. The van der Waals surface area contributed by atoms with Gasteiger partial charge in [-0.2, -0.15) is 0 Å². The Morgan fingerprint density at radius 1 is 1.12 bits per heavy atom. The average molecular weight is 286 g/mol. The minimum Gasteiger partial charge on any atom is -0.0837 e. The second-order valence-electron chi connectivity index (χ2n) is 7.74. The minimum absolute atomic E-state index is 0.466. The summed E-state index contributed by atoms with van der Waals surface area (Å²) in [5, 5.41) is 1.20. The van der Waals surface area contributed by atoms with E-state index in [-0.39, 0.29) is 0 Å². The van der Waals surface area contributed by atoms with Crippen LogP contribution >= 0.6 is 15.2 Å². The Morgan fingerprint density at radius 2 is 1.75 bits per heavy atom. The highest BCUT2D eigenvalue weighted by Gasteiger charge is 2.77. The van der Waals surface area contributed by atoms with Crippen LogP contribution in [-0.4, -0.2) is 32.1 Å². The molecule has 2 unspecified atom stereocenters. The molecule has 0 aromatic heterocycles. The maximum absolute atomic E-state index is 2.74. The van der Waals surface area contributed by atoms with E-state index in [1.54, 1.807) is 6.16 Å². The van der Waals surface area contributed by atoms with Gasteiger partial charge >= 0.3 is 0 Å². The van der Waals surface area contributed by atoms with Gasteiger partial charge in [0.05, 0.1) is 16.1 Å². The van der Waals surface area contributed by atoms with Crippen LogP contribution in [0.15, 0.2) is 12.2 Å². The molecule has 0 N–H and O–H groups in total. The Morgan fingerprint density at radius 3 is 2.19 bits per heavy atom. The predicted molar refractivity (Wildman–Crippen MR) is 84.5 cm³/mol. The van der Waals surface area contributed by atoms with Gasteiger partial charge in [0.1, 0.15) is 0 Å². The molecular formula is C12H24P2Si2. The lowest BCUT2D eigenvalue weighted by Gasteiger charge is -2.42. The molecule has 4 rings (SSSR count). The first-order valence-electron chi connectivity index (χ1n) is 6.46. The number of hydrogen-bond donors (Lipinski definition) is 0. The van der Waals surface area contributed by atoms with Crippen molar-refractivity contribution in [2.24, 2.45) is 5.92 Å². The number of hydrogen-bond acceptors (Lipinski definition) is 0. The van der Waals surface area contributed by atoms with Crippen LogP contribution in [0.3, 0.4) is 0 Å². The highest BCUT2D eigenvalue weighted by molar-refractivity contribution is 8.51. The molecule has 4 bridgehead atoms. The summed E-state index contributed by atoms with van der Waals surface area (Å²) in [5.74, 6) is 1.03. The topological polar surface area (TPSA) is 0 Å². The zero-order valence-electron chi connectivity index (χ0n) is 11.4. The van der Waals surface area contributed by atoms with Crippen LogP contribution in [0.5, 0.6) is 0 Å². The zero-order valence-corrected chi connectivity index (χ0v) is 15.2. The summed E-state index contributed by atoms with van der Waals surface area (Å²) >= 11 is 0. The van der Waals surface area contributed by atoms with Crippen LogP contribution in [0, 0.1) is 5.92 Å². The average Bonchev–Trinajstić information content (AvgIpc) is 2.64. The van der Waals surface area contributed by atoms with Crippen molar-refractivity contribution in [3.63, 3.8) is 0 Å². The first kappa shape index (κ1) is 12.1. The summed E-state index contributed by atoms with van der Waals surface area (Å²) in [6.45, 7) is 15.8. The molecule has 0 saturated carbocycles. The van der Waals surface area contributed by atoms with E-state index in [1.807, 2.05) is 0 Å². The third-order valence-corrected chi connectivity index (χ3v) is 28.7. The Bertz CT molecular complexity index is 366. The molecule has 2 saturated heterocycles. The fourth-order valence-corrected chi connectivity index (χ4v) is 38.4. The van der Waals surface area contributed by atoms with E-state index in [1.165, 1.54) is 5.28 Å². The van der Waals surface area contributed by atoms with Crippen LogP contribution < -0.4 is 0 Å². The minimum atomic E-state index is -0.959. The molecule has 2 fully saturated rings. The number of rotatable bonds is 2. The van der Waals surface area contributed by atoms with E-state index in [9.17, 15) is 0 Å². The summed E-state index contributed by atoms with van der Waals surface area (Å²) in [7, 11) is -0.916. The van der Waals surface area contributed by atoms with Gasteiger partial charge < -0.3 is 0 Å². The van der Waals surface area contributed by atoms with E-state index in [4.69, 9.17) is 0 Å². The van der Waals surface area contributed by atoms with Crippen molar-refractivity contribution in [2.45, 2.75) is 49.1 Å². The molecule has 0 aliphatic carbocycles. The van der Waals surface area contributed by atoms with Crippen molar-refractivity contribution >= 4 is 31.4 Å². The first-order chi connectivity index (χ1) is 7.19. The van der Waals surface area contributed by atoms with Crippen molar-refractivity contribution in [1.82, 2.24) is 0 Å². The van der Waals surface area contributed by atoms with Crippen LogP contribution in [0.1, 0.15) is 0 Å². The van der Waals surface area contributed by atoms with Crippen molar-refractivity contribution in [3.05, 3.63) is 12.2 Å². The van der Waals surface area contributed by atoms with E-state index >= 15 is 0 Å². The third kappa shape index (κ3) is 1.28. The molecule has 0 aromatic rings. The molecule has 0 radical (unpaired) electrons. The molecule has 90 valence electrons. The molecule has 0 amide bonds. The van der Waals surface area contributed by atoms with Crippen LogP contribution in [0.2, 0.25) is 39.3 Å². The molecule has 5 atom stereocenters. The molecular weight excluding hydrogens is 262 g/mol. The van der Waals surface area contributed by atoms with Crippen molar-refractivity contribution < 1.29 is 0 Å². The largest absolute Gasteiger partial charge is 0.0837 e. The number of allylic oxidation sites excluding steroid dienone is 2. The summed E-state index contributed by atoms with van der Waals surface area (Å²) < 4.78 is 0.858. The second kappa shape index (κ2) is 3.13. The van der Waals surface area contributed by atoms with Gasteiger partial charge in [-0.1, -0.05) is 66.7 Å². The fraction of sp³-hybridized carbons (Fsp3) is 0.833. The van der Waals surface area contributed by atoms with Gasteiger partial charge in [0.25, 0.3) is 0 Å². The lowest BCUT2D eigenvalue weighted by atomic mass is 10.2. The van der Waals surface area contributed by atoms with Gasteiger partial charge in [-0.25, -0.2) is 0 Å². The first-order valence-corrected chi connectivity index (χ1v) is 17.2. The van der Waals surface area contributed by atoms with Crippen LogP contribution in [0.4, 0.5) is 0 Å². The third-order valence-electron chi connectivity index (χ3n) is 4.58. The van der Waals surface area contributed by atoms with Gasteiger partial charge in [-0.15, -0.1) is 0 Å². The lowest BCUT2D eigenvalue weighted by molar-refractivity contribution is 0.772. The quantitative estimate of drug-likeness (QED) is 0.385. The van der Waals surface area contributed by atoms with Crippen LogP contribution in [-0.2, 0) is 0 Å². The second-order valence-corrected chi connectivity index (χ2v) is 26.6. The molecule has 0 aromatic carbocycles. The predicted octanol–water partition coefficient (Wildman–Crippen LogP) is 4.90. The smallest absolute Gasteiger partial charge is 0.0666 e. The van der Waals surface area contributed by atoms with Crippen molar-refractivity contribution in [2.75, 3.05) is 6.16 Å². The Hall–Kier alpha value is 1.03. The Balaban J connectivity index is 2.02. The van der Waals surface area contributed by atoms with E-state index < -0.39 is 16.1 Å². The van der Waals surface area contributed by atoms with Gasteiger partial charge in [0, 0.05) is 4.52 Å². The fourth-order valence-electron chi connectivity index (χ4n) is 3.94. The summed E-state index contributed by atoms with van der Waals surface area (Å²) in [4.78, 5) is 0. The lowest BCUT2D eigenvalue weighted by Crippen LogP contribution is -2.48. The highest BCUT2D eigenvalue weighted by Crippen LogP contribution is 3.10. The molecule has 4 heterocycles. The van der Waals surface area contributed by atoms with E-state index in [0.717, 1.165) is 10.4 Å². The van der Waals surface area contributed by atoms with E-state index in [2.05, 4.69) is 51.4 Å². The Kier molecular flexibility index (Phi) is 2.36. The monoisotopic (exact) mass is 286 g/mol. The normalized spacial score (nSPS) is 49.6. The van der Waals surface area contributed by atoms with Gasteiger partial charge in [-0.3, -0.25) is 0 Å². The van der Waals surface area contributed by atoms with E-state index in [0.29, 0.717) is 15.2 Å².